The summed E-state index contributed by atoms with van der Waals surface area (Å²) in [6, 6.07) is 4.85. The van der Waals surface area contributed by atoms with Crippen LogP contribution in [0.2, 0.25) is 0 Å². The van der Waals surface area contributed by atoms with Gasteiger partial charge in [-0.15, -0.1) is 0 Å². The number of esters is 1. The highest BCUT2D eigenvalue weighted by atomic mass is 16.5. The molecule has 0 aromatic heterocycles. The third kappa shape index (κ3) is 6.28. The summed E-state index contributed by atoms with van der Waals surface area (Å²) >= 11 is 0. The molecule has 0 bridgehead atoms. The summed E-state index contributed by atoms with van der Waals surface area (Å²) in [6.45, 7) is 6.05. The average molecular weight is 332 g/mol. The van der Waals surface area contributed by atoms with E-state index >= 15 is 0 Å². The number of benzene rings is 1. The van der Waals surface area contributed by atoms with Crippen LogP contribution in [0.1, 0.15) is 37.6 Å². The molecule has 0 saturated heterocycles. The molecule has 5 nitrogen and oxygen atoms in total. The van der Waals surface area contributed by atoms with Gasteiger partial charge in [0.1, 0.15) is 0 Å². The molecule has 24 heavy (non-hydrogen) atoms. The lowest BCUT2D eigenvalue weighted by Crippen LogP contribution is -2.04. The number of ketones is 1. The molecule has 5 heteroatoms. The minimum atomic E-state index is -0.434. The lowest BCUT2D eigenvalue weighted by atomic mass is 10.1. The lowest BCUT2D eigenvalue weighted by molar-refractivity contribution is -0.110. The summed E-state index contributed by atoms with van der Waals surface area (Å²) in [5.74, 6) is 0.539. The van der Waals surface area contributed by atoms with Gasteiger partial charge in [-0.3, -0.25) is 4.79 Å². The fourth-order valence-corrected chi connectivity index (χ4v) is 1.99. The Bertz CT molecular complexity index is 652. The van der Waals surface area contributed by atoms with Crippen LogP contribution in [0.25, 0.3) is 0 Å². The number of ether oxygens (including phenoxy) is 3. The summed E-state index contributed by atoms with van der Waals surface area (Å²) in [5, 5.41) is 0. The molecule has 0 aliphatic heterocycles. The van der Waals surface area contributed by atoms with Gasteiger partial charge >= 0.3 is 5.97 Å². The Balaban J connectivity index is 2.68. The average Bonchev–Trinajstić information content (AvgIpc) is 2.53. The molecular weight excluding hydrogens is 308 g/mol. The van der Waals surface area contributed by atoms with Gasteiger partial charge < -0.3 is 14.2 Å². The monoisotopic (exact) mass is 332 g/mol. The van der Waals surface area contributed by atoms with Crippen molar-refractivity contribution in [2.75, 3.05) is 20.8 Å². The Labute approximate surface area is 142 Å². The van der Waals surface area contributed by atoms with E-state index in [-0.39, 0.29) is 5.78 Å². The zero-order valence-electron chi connectivity index (χ0n) is 14.8. The molecule has 1 aromatic carbocycles. The molecule has 130 valence electrons. The van der Waals surface area contributed by atoms with Crippen LogP contribution in [0.15, 0.2) is 41.5 Å². The zero-order valence-corrected chi connectivity index (χ0v) is 14.8. The van der Waals surface area contributed by atoms with E-state index in [9.17, 15) is 9.59 Å². The second kappa shape index (κ2) is 9.55. The molecule has 0 heterocycles. The number of rotatable bonds is 8. The molecule has 0 spiro atoms. The topological polar surface area (TPSA) is 61.8 Å². The van der Waals surface area contributed by atoms with Crippen molar-refractivity contribution in [3.05, 3.63) is 47.1 Å². The Morgan fingerprint density at radius 2 is 1.75 bits per heavy atom. The zero-order chi connectivity index (χ0) is 18.1. The molecule has 0 atom stereocenters. The normalized spacial score (nSPS) is 10.8. The highest BCUT2D eigenvalue weighted by Gasteiger charge is 2.11. The quantitative estimate of drug-likeness (QED) is 0.536. The minimum absolute atomic E-state index is 0.0208. The molecular formula is C19H24O5. The number of hydrogen-bond donors (Lipinski definition) is 0. The number of carbonyl (C=O) groups excluding carboxylic acids is 2. The van der Waals surface area contributed by atoms with Crippen molar-refractivity contribution in [1.29, 1.82) is 0 Å². The highest BCUT2D eigenvalue weighted by molar-refractivity contribution is 6.00. The van der Waals surface area contributed by atoms with Crippen LogP contribution in [-0.4, -0.2) is 32.6 Å². The molecule has 0 unspecified atom stereocenters. The first-order valence-corrected chi connectivity index (χ1v) is 7.62. The van der Waals surface area contributed by atoms with Crippen molar-refractivity contribution in [1.82, 2.24) is 0 Å². The van der Waals surface area contributed by atoms with Crippen LogP contribution in [-0.2, 0) is 9.53 Å². The van der Waals surface area contributed by atoms with E-state index in [1.54, 1.807) is 30.4 Å². The van der Waals surface area contributed by atoms with Crippen molar-refractivity contribution < 1.29 is 23.8 Å². The molecule has 0 N–H and O–H groups in total. The van der Waals surface area contributed by atoms with Crippen LogP contribution >= 0.6 is 0 Å². The second-order valence-electron chi connectivity index (χ2n) is 5.57. The summed E-state index contributed by atoms with van der Waals surface area (Å²) in [5.41, 5.74) is 2.29. The van der Waals surface area contributed by atoms with Gasteiger partial charge in [0, 0.05) is 6.42 Å². The van der Waals surface area contributed by atoms with E-state index in [4.69, 9.17) is 9.47 Å². The summed E-state index contributed by atoms with van der Waals surface area (Å²) in [6.07, 6.45) is 3.82. The number of carbonyl (C=O) groups is 2. The second-order valence-corrected chi connectivity index (χ2v) is 5.57. The summed E-state index contributed by atoms with van der Waals surface area (Å²) < 4.78 is 15.6. The van der Waals surface area contributed by atoms with Gasteiger partial charge in [-0.1, -0.05) is 11.1 Å². The largest absolute Gasteiger partial charge is 0.493 e. The Kier molecular flexibility index (Phi) is 7.75. The summed E-state index contributed by atoms with van der Waals surface area (Å²) in [4.78, 5) is 23.2. The van der Waals surface area contributed by atoms with Gasteiger partial charge in [0.05, 0.1) is 26.4 Å². The molecule has 0 aliphatic carbocycles. The SMILES string of the molecule is COC(=O)c1ccc(OCCC(C)=CC(=O)C=C(C)C)c(OC)c1. The van der Waals surface area contributed by atoms with E-state index in [0.29, 0.717) is 30.1 Å². The van der Waals surface area contributed by atoms with Crippen molar-refractivity contribution in [3.8, 4) is 11.5 Å². The van der Waals surface area contributed by atoms with E-state index in [1.807, 2.05) is 20.8 Å². The molecule has 0 fully saturated rings. The van der Waals surface area contributed by atoms with Crippen molar-refractivity contribution in [3.63, 3.8) is 0 Å². The van der Waals surface area contributed by atoms with Gasteiger partial charge in [-0.05, 0) is 51.1 Å². The molecule has 0 saturated carbocycles. The number of allylic oxidation sites excluding steroid dienone is 3. The van der Waals surface area contributed by atoms with Crippen LogP contribution in [0, 0.1) is 0 Å². The third-order valence-electron chi connectivity index (χ3n) is 3.16. The van der Waals surface area contributed by atoms with Crippen LogP contribution in [0.3, 0.4) is 0 Å². The summed E-state index contributed by atoms with van der Waals surface area (Å²) in [7, 11) is 2.83. The highest BCUT2D eigenvalue weighted by Crippen LogP contribution is 2.28. The van der Waals surface area contributed by atoms with Gasteiger partial charge in [0.15, 0.2) is 17.3 Å². The smallest absolute Gasteiger partial charge is 0.337 e. The van der Waals surface area contributed by atoms with Crippen LogP contribution < -0.4 is 9.47 Å². The third-order valence-corrected chi connectivity index (χ3v) is 3.16. The first-order chi connectivity index (χ1) is 11.4. The Morgan fingerprint density at radius 1 is 1.04 bits per heavy atom. The standard InChI is InChI=1S/C19H24O5/c1-13(2)10-16(20)11-14(3)8-9-24-17-7-6-15(19(21)23-5)12-18(17)22-4/h6-7,10-12H,8-9H2,1-5H3. The predicted molar refractivity (Wildman–Crippen MR) is 92.6 cm³/mol. The molecule has 1 aromatic rings. The van der Waals surface area contributed by atoms with E-state index in [1.165, 1.54) is 14.2 Å². The van der Waals surface area contributed by atoms with E-state index < -0.39 is 5.97 Å². The van der Waals surface area contributed by atoms with Gasteiger partial charge in [-0.2, -0.15) is 0 Å². The van der Waals surface area contributed by atoms with E-state index in [0.717, 1.165) is 11.1 Å². The number of hydrogen-bond acceptors (Lipinski definition) is 5. The van der Waals surface area contributed by atoms with Gasteiger partial charge in [0.25, 0.3) is 0 Å². The maximum absolute atomic E-state index is 11.7. The van der Waals surface area contributed by atoms with Crippen LogP contribution in [0.4, 0.5) is 0 Å². The maximum Gasteiger partial charge on any atom is 0.337 e. The maximum atomic E-state index is 11.7. The minimum Gasteiger partial charge on any atom is -0.493 e. The number of methoxy groups -OCH3 is 2. The first kappa shape index (κ1) is 19.5. The van der Waals surface area contributed by atoms with Crippen molar-refractivity contribution in [2.24, 2.45) is 0 Å². The Hall–Kier alpha value is -2.56. The first-order valence-electron chi connectivity index (χ1n) is 7.62. The van der Waals surface area contributed by atoms with Crippen molar-refractivity contribution >= 4 is 11.8 Å². The lowest BCUT2D eigenvalue weighted by Gasteiger charge is -2.11. The van der Waals surface area contributed by atoms with Gasteiger partial charge in [0.2, 0.25) is 0 Å². The fourth-order valence-electron chi connectivity index (χ4n) is 1.99. The molecule has 0 radical (unpaired) electrons. The van der Waals surface area contributed by atoms with E-state index in [2.05, 4.69) is 4.74 Å². The molecule has 0 amide bonds. The predicted octanol–water partition coefficient (Wildman–Crippen LogP) is 3.73. The molecule has 1 rings (SSSR count). The Morgan fingerprint density at radius 3 is 2.33 bits per heavy atom. The molecule has 0 aliphatic rings. The van der Waals surface area contributed by atoms with Crippen LogP contribution in [0.5, 0.6) is 11.5 Å². The fraction of sp³-hybridized carbons (Fsp3) is 0.368. The van der Waals surface area contributed by atoms with Gasteiger partial charge in [-0.25, -0.2) is 4.79 Å². The van der Waals surface area contributed by atoms with Crippen molar-refractivity contribution in [2.45, 2.75) is 27.2 Å².